The Morgan fingerprint density at radius 2 is 1.62 bits per heavy atom. The van der Waals surface area contributed by atoms with Crippen LogP contribution in [0.1, 0.15) is 57.1 Å². The van der Waals surface area contributed by atoms with E-state index in [-0.39, 0.29) is 17.4 Å². The zero-order valence-corrected chi connectivity index (χ0v) is 14.4. The summed E-state index contributed by atoms with van der Waals surface area (Å²) in [7, 11) is 1.81. The van der Waals surface area contributed by atoms with Gasteiger partial charge in [-0.3, -0.25) is 4.79 Å². The first kappa shape index (κ1) is 16.0. The molecular formula is C20H25F2NO. The lowest BCUT2D eigenvalue weighted by molar-refractivity contribution is -0.158. The van der Waals surface area contributed by atoms with Gasteiger partial charge < -0.3 is 4.90 Å². The molecule has 1 aromatic rings. The zero-order chi connectivity index (χ0) is 17.1. The molecule has 1 amide bonds. The van der Waals surface area contributed by atoms with E-state index in [1.807, 2.05) is 14.0 Å². The summed E-state index contributed by atoms with van der Waals surface area (Å²) in [6.45, 7) is 1.89. The minimum atomic E-state index is -0.852. The second kappa shape index (κ2) is 5.53. The fourth-order valence-electron chi connectivity index (χ4n) is 5.92. The van der Waals surface area contributed by atoms with Crippen molar-refractivity contribution in [2.75, 3.05) is 7.05 Å². The van der Waals surface area contributed by atoms with E-state index >= 15 is 0 Å². The number of amides is 1. The van der Waals surface area contributed by atoms with E-state index < -0.39 is 11.6 Å². The number of rotatable bonds is 3. The minimum absolute atomic E-state index is 0.198. The molecule has 4 heteroatoms. The second-order valence-electron chi connectivity index (χ2n) is 8.46. The summed E-state index contributed by atoms with van der Waals surface area (Å²) in [6, 6.07) is 3.68. The van der Waals surface area contributed by atoms with Crippen LogP contribution < -0.4 is 0 Å². The highest BCUT2D eigenvalue weighted by Gasteiger charge is 2.55. The summed E-state index contributed by atoms with van der Waals surface area (Å²) in [6.07, 6.45) is 6.96. The Labute approximate surface area is 142 Å². The van der Waals surface area contributed by atoms with Crippen LogP contribution in [0.25, 0.3) is 0 Å². The van der Waals surface area contributed by atoms with Crippen LogP contribution in [0.2, 0.25) is 0 Å². The van der Waals surface area contributed by atoms with Crippen molar-refractivity contribution in [3.05, 3.63) is 35.4 Å². The van der Waals surface area contributed by atoms with Crippen molar-refractivity contribution in [2.24, 2.45) is 23.2 Å². The van der Waals surface area contributed by atoms with Gasteiger partial charge in [-0.25, -0.2) is 8.78 Å². The van der Waals surface area contributed by atoms with Gasteiger partial charge in [0.25, 0.3) is 0 Å². The summed E-state index contributed by atoms with van der Waals surface area (Å²) < 4.78 is 26.7. The van der Waals surface area contributed by atoms with Crippen molar-refractivity contribution in [1.82, 2.24) is 4.90 Å². The molecule has 0 aliphatic heterocycles. The van der Waals surface area contributed by atoms with Crippen LogP contribution in [0.15, 0.2) is 18.2 Å². The van der Waals surface area contributed by atoms with Crippen molar-refractivity contribution in [1.29, 1.82) is 0 Å². The number of carbonyl (C=O) groups is 1. The molecule has 0 heterocycles. The van der Waals surface area contributed by atoms with Gasteiger partial charge in [0.2, 0.25) is 5.91 Å². The molecule has 2 nitrogen and oxygen atoms in total. The number of halogens is 2. The smallest absolute Gasteiger partial charge is 0.229 e. The van der Waals surface area contributed by atoms with Gasteiger partial charge in [0, 0.05) is 7.05 Å². The predicted molar refractivity (Wildman–Crippen MR) is 88.1 cm³/mol. The van der Waals surface area contributed by atoms with Gasteiger partial charge in [-0.15, -0.1) is 0 Å². The molecule has 4 fully saturated rings. The molecule has 0 aromatic heterocycles. The third-order valence-corrected chi connectivity index (χ3v) is 6.82. The monoisotopic (exact) mass is 333 g/mol. The Balaban J connectivity index is 1.56. The topological polar surface area (TPSA) is 20.3 Å². The van der Waals surface area contributed by atoms with Crippen LogP contribution in [-0.2, 0) is 4.79 Å². The fraction of sp³-hybridized carbons (Fsp3) is 0.650. The first-order chi connectivity index (χ1) is 11.4. The third-order valence-electron chi connectivity index (χ3n) is 6.82. The Morgan fingerprint density at radius 1 is 1.08 bits per heavy atom. The molecule has 24 heavy (non-hydrogen) atoms. The first-order valence-corrected chi connectivity index (χ1v) is 9.10. The Bertz CT molecular complexity index is 636. The number of nitrogens with zero attached hydrogens (tertiary/aromatic N) is 1. The SMILES string of the molecule is CC(c1ccc(F)c(F)c1)N(C)C(=O)C12CC3CC(CC(C3)C1)C2. The Kier molecular flexibility index (Phi) is 3.70. The average molecular weight is 333 g/mol. The Morgan fingerprint density at radius 3 is 2.12 bits per heavy atom. The first-order valence-electron chi connectivity index (χ1n) is 9.10. The van der Waals surface area contributed by atoms with Gasteiger partial charge in [-0.2, -0.15) is 0 Å². The zero-order valence-electron chi connectivity index (χ0n) is 14.4. The maximum Gasteiger partial charge on any atom is 0.229 e. The van der Waals surface area contributed by atoms with E-state index in [0.29, 0.717) is 23.3 Å². The third kappa shape index (κ3) is 2.46. The number of benzene rings is 1. The highest BCUT2D eigenvalue weighted by Crippen LogP contribution is 2.60. The summed E-state index contributed by atoms with van der Waals surface area (Å²) in [4.78, 5) is 15.1. The van der Waals surface area contributed by atoms with Crippen molar-refractivity contribution in [3.8, 4) is 0 Å². The normalized spacial score (nSPS) is 35.1. The molecule has 0 radical (unpaired) electrons. The lowest BCUT2D eigenvalue weighted by Crippen LogP contribution is -2.54. The van der Waals surface area contributed by atoms with Gasteiger partial charge in [-0.05, 0) is 80.9 Å². The molecule has 130 valence electrons. The van der Waals surface area contributed by atoms with Gasteiger partial charge >= 0.3 is 0 Å². The van der Waals surface area contributed by atoms with Crippen LogP contribution in [0.3, 0.4) is 0 Å². The molecular weight excluding hydrogens is 308 g/mol. The van der Waals surface area contributed by atoms with Gasteiger partial charge in [0.15, 0.2) is 11.6 Å². The molecule has 1 atom stereocenters. The highest BCUT2D eigenvalue weighted by molar-refractivity contribution is 5.83. The maximum atomic E-state index is 13.5. The quantitative estimate of drug-likeness (QED) is 0.785. The van der Waals surface area contributed by atoms with Crippen molar-refractivity contribution in [3.63, 3.8) is 0 Å². The molecule has 0 saturated heterocycles. The van der Waals surface area contributed by atoms with Crippen LogP contribution in [-0.4, -0.2) is 17.9 Å². The van der Waals surface area contributed by atoms with Crippen LogP contribution >= 0.6 is 0 Å². The Hall–Kier alpha value is -1.45. The summed E-state index contributed by atoms with van der Waals surface area (Å²) >= 11 is 0. The van der Waals surface area contributed by atoms with E-state index in [0.717, 1.165) is 25.3 Å². The van der Waals surface area contributed by atoms with Crippen LogP contribution in [0.4, 0.5) is 8.78 Å². The number of hydrogen-bond acceptors (Lipinski definition) is 1. The van der Waals surface area contributed by atoms with Gasteiger partial charge in [0.05, 0.1) is 11.5 Å². The average Bonchev–Trinajstić information content (AvgIpc) is 2.54. The van der Waals surface area contributed by atoms with Crippen molar-refractivity contribution < 1.29 is 13.6 Å². The molecule has 0 spiro atoms. The lowest BCUT2D eigenvalue weighted by atomic mass is 9.49. The van der Waals surface area contributed by atoms with E-state index in [9.17, 15) is 13.6 Å². The maximum absolute atomic E-state index is 13.5. The number of hydrogen-bond donors (Lipinski definition) is 0. The molecule has 4 saturated carbocycles. The van der Waals surface area contributed by atoms with Gasteiger partial charge in [0.1, 0.15) is 0 Å². The van der Waals surface area contributed by atoms with E-state index in [4.69, 9.17) is 0 Å². The van der Waals surface area contributed by atoms with Crippen LogP contribution in [0.5, 0.6) is 0 Å². The van der Waals surface area contributed by atoms with Crippen molar-refractivity contribution in [2.45, 2.75) is 51.5 Å². The molecule has 4 bridgehead atoms. The summed E-state index contributed by atoms with van der Waals surface area (Å²) in [5.41, 5.74) is 0.450. The molecule has 4 aliphatic carbocycles. The second-order valence-corrected chi connectivity index (χ2v) is 8.46. The largest absolute Gasteiger partial charge is 0.339 e. The fourth-order valence-corrected chi connectivity index (χ4v) is 5.92. The minimum Gasteiger partial charge on any atom is -0.339 e. The molecule has 1 aromatic carbocycles. The number of carbonyl (C=O) groups excluding carboxylic acids is 1. The molecule has 0 N–H and O–H groups in total. The lowest BCUT2D eigenvalue weighted by Gasteiger charge is -2.56. The van der Waals surface area contributed by atoms with E-state index in [1.165, 1.54) is 25.3 Å². The van der Waals surface area contributed by atoms with Crippen molar-refractivity contribution >= 4 is 5.91 Å². The van der Waals surface area contributed by atoms with Crippen LogP contribution in [0, 0.1) is 34.8 Å². The van der Waals surface area contributed by atoms with E-state index in [2.05, 4.69) is 0 Å². The highest BCUT2D eigenvalue weighted by atomic mass is 19.2. The van der Waals surface area contributed by atoms with Gasteiger partial charge in [-0.1, -0.05) is 6.07 Å². The molecule has 1 unspecified atom stereocenters. The summed E-state index contributed by atoms with van der Waals surface area (Å²) in [5.74, 6) is 0.654. The molecule has 4 aliphatic rings. The molecule has 5 rings (SSSR count). The van der Waals surface area contributed by atoms with E-state index in [1.54, 1.807) is 11.0 Å². The predicted octanol–water partition coefficient (Wildman–Crippen LogP) is 4.70. The summed E-state index contributed by atoms with van der Waals surface area (Å²) in [5, 5.41) is 0. The standard InChI is InChI=1S/C20H25F2NO/c1-12(16-3-4-17(21)18(22)8-16)23(2)19(24)20-9-13-5-14(10-20)7-15(6-13)11-20/h3-4,8,12-15H,5-7,9-11H2,1-2H3.